The predicted molar refractivity (Wildman–Crippen MR) is 62.8 cm³/mol. The summed E-state index contributed by atoms with van der Waals surface area (Å²) in [5.74, 6) is 0.696. The van der Waals surface area contributed by atoms with Gasteiger partial charge in [0.1, 0.15) is 5.75 Å². The Morgan fingerprint density at radius 3 is 2.50 bits per heavy atom. The molecule has 0 unspecified atom stereocenters. The topological polar surface area (TPSA) is 38.7 Å². The fourth-order valence-corrected chi connectivity index (χ4v) is 2.05. The van der Waals surface area contributed by atoms with Crippen LogP contribution in [0.5, 0.6) is 5.75 Å². The lowest BCUT2D eigenvalue weighted by Crippen LogP contribution is -1.89. The molecule has 0 heterocycles. The molecule has 1 rings (SSSR count). The molecule has 0 bridgehead atoms. The Balaban J connectivity index is 3.24. The maximum Gasteiger partial charge on any atom is 0.122 e. The van der Waals surface area contributed by atoms with Crippen LogP contribution in [0.15, 0.2) is 27.0 Å². The number of methoxy groups -OCH3 is 1. The summed E-state index contributed by atoms with van der Waals surface area (Å²) < 4.78 is 21.5. The number of nitrogens with zero attached hydrogens (tertiary/aromatic N) is 1. The van der Waals surface area contributed by atoms with Crippen LogP contribution in [0.2, 0.25) is 0 Å². The fraction of sp³-hybridized carbons (Fsp3) is 0.333. The van der Waals surface area contributed by atoms with E-state index in [1.165, 1.54) is 0 Å². The van der Waals surface area contributed by atoms with Gasteiger partial charge in [0.15, 0.2) is 0 Å². The standard InChI is InChI=1S/C9H12BrNO2S/c1-13-9-5-7(10)4-8(6-9)11-14(2,3)12/h4-6H,1-3H3. The van der Waals surface area contributed by atoms with Crippen molar-refractivity contribution in [1.82, 2.24) is 0 Å². The maximum absolute atomic E-state index is 11.4. The monoisotopic (exact) mass is 277 g/mol. The lowest BCUT2D eigenvalue weighted by molar-refractivity contribution is 0.414. The number of hydrogen-bond donors (Lipinski definition) is 0. The van der Waals surface area contributed by atoms with Gasteiger partial charge in [0.25, 0.3) is 0 Å². The van der Waals surface area contributed by atoms with Crippen molar-refractivity contribution in [3.8, 4) is 5.75 Å². The number of hydrogen-bond acceptors (Lipinski definition) is 3. The number of halogens is 1. The van der Waals surface area contributed by atoms with E-state index in [2.05, 4.69) is 20.3 Å². The first-order valence-electron chi connectivity index (χ1n) is 3.92. The second-order valence-corrected chi connectivity index (χ2v) is 6.58. The summed E-state index contributed by atoms with van der Waals surface area (Å²) in [5, 5.41) is 0. The average Bonchev–Trinajstić information content (AvgIpc) is 1.99. The highest BCUT2D eigenvalue weighted by Crippen LogP contribution is 2.26. The Morgan fingerprint density at radius 2 is 2.00 bits per heavy atom. The van der Waals surface area contributed by atoms with Crippen LogP contribution in [0, 0.1) is 0 Å². The van der Waals surface area contributed by atoms with Crippen molar-refractivity contribution in [3.05, 3.63) is 22.7 Å². The van der Waals surface area contributed by atoms with Crippen LogP contribution in [-0.2, 0) is 9.73 Å². The van der Waals surface area contributed by atoms with E-state index in [1.54, 1.807) is 31.8 Å². The molecular weight excluding hydrogens is 266 g/mol. The molecule has 3 nitrogen and oxygen atoms in total. The van der Waals surface area contributed by atoms with E-state index in [-0.39, 0.29) is 0 Å². The van der Waals surface area contributed by atoms with Crippen LogP contribution in [-0.4, -0.2) is 23.8 Å². The minimum absolute atomic E-state index is 0.659. The highest BCUT2D eigenvalue weighted by molar-refractivity contribution is 9.10. The summed E-state index contributed by atoms with van der Waals surface area (Å²) in [6, 6.07) is 5.37. The zero-order valence-corrected chi connectivity index (χ0v) is 10.7. The van der Waals surface area contributed by atoms with Gasteiger partial charge in [-0.1, -0.05) is 15.9 Å². The zero-order valence-electron chi connectivity index (χ0n) is 8.28. The fourth-order valence-electron chi connectivity index (χ4n) is 0.972. The minimum atomic E-state index is -2.12. The van der Waals surface area contributed by atoms with Crippen molar-refractivity contribution in [2.24, 2.45) is 4.36 Å². The summed E-state index contributed by atoms with van der Waals surface area (Å²) in [5.41, 5.74) is 0.659. The second kappa shape index (κ2) is 4.31. The molecule has 78 valence electrons. The van der Waals surface area contributed by atoms with Crippen LogP contribution in [0.3, 0.4) is 0 Å². The molecule has 1 aromatic rings. The summed E-state index contributed by atoms with van der Waals surface area (Å²) in [4.78, 5) is 0. The minimum Gasteiger partial charge on any atom is -0.497 e. The molecule has 0 amide bonds. The molecule has 0 aliphatic rings. The van der Waals surface area contributed by atoms with Crippen molar-refractivity contribution in [2.75, 3.05) is 19.6 Å². The lowest BCUT2D eigenvalue weighted by Gasteiger charge is -2.02. The second-order valence-electron chi connectivity index (χ2n) is 3.12. The molecular formula is C9H12BrNO2S. The smallest absolute Gasteiger partial charge is 0.122 e. The first-order chi connectivity index (χ1) is 6.40. The molecule has 0 N–H and O–H groups in total. The van der Waals surface area contributed by atoms with Crippen molar-refractivity contribution in [3.63, 3.8) is 0 Å². The first kappa shape index (κ1) is 11.5. The molecule has 0 fully saturated rings. The van der Waals surface area contributed by atoms with Crippen LogP contribution >= 0.6 is 15.9 Å². The van der Waals surface area contributed by atoms with E-state index in [0.717, 1.165) is 4.47 Å². The summed E-state index contributed by atoms with van der Waals surface area (Å²) in [7, 11) is -0.536. The SMILES string of the molecule is COc1cc(Br)cc(N=S(C)(C)=O)c1. The Bertz CT molecular complexity index is 442. The third kappa shape index (κ3) is 3.67. The van der Waals surface area contributed by atoms with E-state index in [0.29, 0.717) is 11.4 Å². The molecule has 0 aliphatic heterocycles. The zero-order chi connectivity index (χ0) is 10.8. The third-order valence-corrected chi connectivity index (χ3v) is 2.53. The van der Waals surface area contributed by atoms with Gasteiger partial charge in [-0.05, 0) is 12.1 Å². The molecule has 0 saturated heterocycles. The van der Waals surface area contributed by atoms with Crippen LogP contribution in [0.1, 0.15) is 0 Å². The van der Waals surface area contributed by atoms with Gasteiger partial charge in [-0.2, -0.15) is 4.36 Å². The third-order valence-electron chi connectivity index (χ3n) is 1.42. The van der Waals surface area contributed by atoms with E-state index in [9.17, 15) is 4.21 Å². The molecule has 14 heavy (non-hydrogen) atoms. The maximum atomic E-state index is 11.4. The molecule has 0 aromatic heterocycles. The normalized spacial score (nSPS) is 11.1. The molecule has 5 heteroatoms. The van der Waals surface area contributed by atoms with Gasteiger partial charge in [0.05, 0.1) is 12.8 Å². The molecule has 0 radical (unpaired) electrons. The van der Waals surface area contributed by atoms with Gasteiger partial charge in [0, 0.05) is 32.8 Å². The number of rotatable bonds is 2. The highest BCUT2D eigenvalue weighted by Gasteiger charge is 1.99. The van der Waals surface area contributed by atoms with Crippen LogP contribution < -0.4 is 4.74 Å². The Morgan fingerprint density at radius 1 is 1.36 bits per heavy atom. The largest absolute Gasteiger partial charge is 0.497 e. The molecule has 0 atom stereocenters. The van der Waals surface area contributed by atoms with Gasteiger partial charge in [0.2, 0.25) is 0 Å². The first-order valence-corrected chi connectivity index (χ1v) is 7.05. The van der Waals surface area contributed by atoms with Gasteiger partial charge in [-0.3, -0.25) is 0 Å². The van der Waals surface area contributed by atoms with Gasteiger partial charge in [-0.15, -0.1) is 0 Å². The summed E-state index contributed by atoms with van der Waals surface area (Å²) in [6.07, 6.45) is 3.20. The van der Waals surface area contributed by atoms with Crippen molar-refractivity contribution in [2.45, 2.75) is 0 Å². The van der Waals surface area contributed by atoms with Crippen LogP contribution in [0.4, 0.5) is 5.69 Å². The van der Waals surface area contributed by atoms with Gasteiger partial charge >= 0.3 is 0 Å². The van der Waals surface area contributed by atoms with Crippen molar-refractivity contribution in [1.29, 1.82) is 0 Å². The summed E-state index contributed by atoms with van der Waals surface area (Å²) in [6.45, 7) is 0. The average molecular weight is 278 g/mol. The molecule has 0 aliphatic carbocycles. The van der Waals surface area contributed by atoms with E-state index in [4.69, 9.17) is 4.74 Å². The Labute approximate surface area is 92.8 Å². The van der Waals surface area contributed by atoms with Crippen LogP contribution in [0.25, 0.3) is 0 Å². The number of ether oxygens (including phenoxy) is 1. The van der Waals surface area contributed by atoms with Crippen molar-refractivity contribution < 1.29 is 8.95 Å². The lowest BCUT2D eigenvalue weighted by atomic mass is 10.3. The van der Waals surface area contributed by atoms with E-state index in [1.807, 2.05) is 6.07 Å². The number of benzene rings is 1. The predicted octanol–water partition coefficient (Wildman–Crippen LogP) is 2.82. The molecule has 0 spiro atoms. The highest BCUT2D eigenvalue weighted by atomic mass is 79.9. The quantitative estimate of drug-likeness (QED) is 0.834. The van der Waals surface area contributed by atoms with Crippen molar-refractivity contribution >= 4 is 31.3 Å². The Kier molecular flexibility index (Phi) is 3.55. The molecule has 1 aromatic carbocycles. The van der Waals surface area contributed by atoms with Gasteiger partial charge in [-0.25, -0.2) is 4.21 Å². The van der Waals surface area contributed by atoms with Gasteiger partial charge < -0.3 is 4.74 Å². The summed E-state index contributed by atoms with van der Waals surface area (Å²) >= 11 is 3.33. The van der Waals surface area contributed by atoms with E-state index < -0.39 is 9.73 Å². The van der Waals surface area contributed by atoms with E-state index >= 15 is 0 Å². The Hall–Kier alpha value is -0.550. The molecule has 0 saturated carbocycles.